The molecule has 138 valence electrons. The van der Waals surface area contributed by atoms with E-state index in [9.17, 15) is 13.2 Å². The van der Waals surface area contributed by atoms with Gasteiger partial charge in [0.2, 0.25) is 10.0 Å². The van der Waals surface area contributed by atoms with E-state index in [4.69, 9.17) is 16.7 Å². The van der Waals surface area contributed by atoms with Crippen LogP contribution in [0.2, 0.25) is 5.02 Å². The van der Waals surface area contributed by atoms with Crippen LogP contribution in [0.25, 0.3) is 0 Å². The van der Waals surface area contributed by atoms with Crippen molar-refractivity contribution >= 4 is 39.2 Å². The van der Waals surface area contributed by atoms with Crippen LogP contribution in [0.3, 0.4) is 0 Å². The van der Waals surface area contributed by atoms with E-state index in [1.807, 2.05) is 4.90 Å². The Morgan fingerprint density at radius 3 is 2.69 bits per heavy atom. The smallest absolute Gasteiger partial charge is 0.319 e. The number of benzene rings is 1. The van der Waals surface area contributed by atoms with Crippen LogP contribution in [0.15, 0.2) is 47.5 Å². The third kappa shape index (κ3) is 4.43. The van der Waals surface area contributed by atoms with Gasteiger partial charge in [0.15, 0.2) is 0 Å². The van der Waals surface area contributed by atoms with E-state index in [1.165, 1.54) is 12.3 Å². The van der Waals surface area contributed by atoms with Gasteiger partial charge in [0.1, 0.15) is 10.7 Å². The Labute approximate surface area is 156 Å². The number of sulfonamides is 1. The van der Waals surface area contributed by atoms with Crippen molar-refractivity contribution in [3.05, 3.63) is 47.6 Å². The predicted molar refractivity (Wildman–Crippen MR) is 99.8 cm³/mol. The van der Waals surface area contributed by atoms with E-state index >= 15 is 0 Å². The Balaban J connectivity index is 1.57. The van der Waals surface area contributed by atoms with Crippen LogP contribution in [0, 0.1) is 0 Å². The fourth-order valence-electron chi connectivity index (χ4n) is 2.72. The fraction of sp³-hybridized carbons (Fsp3) is 0.250. The Morgan fingerprint density at radius 1 is 1.27 bits per heavy atom. The molecule has 1 aromatic heterocycles. The quantitative estimate of drug-likeness (QED) is 0.729. The Morgan fingerprint density at radius 2 is 2.04 bits per heavy atom. The van der Waals surface area contributed by atoms with E-state index in [1.54, 1.807) is 30.3 Å². The second-order valence-electron chi connectivity index (χ2n) is 5.91. The van der Waals surface area contributed by atoms with Crippen molar-refractivity contribution in [2.24, 2.45) is 5.14 Å². The average Bonchev–Trinajstić information content (AvgIpc) is 3.05. The number of nitrogens with one attached hydrogen (secondary N) is 2. The maximum absolute atomic E-state index is 12.1. The topological polar surface area (TPSA) is 117 Å². The molecule has 1 aliphatic rings. The number of aromatic nitrogens is 1. The van der Waals surface area contributed by atoms with Crippen molar-refractivity contribution in [3.8, 4) is 0 Å². The van der Waals surface area contributed by atoms with Gasteiger partial charge in [-0.1, -0.05) is 23.7 Å². The van der Waals surface area contributed by atoms with Gasteiger partial charge in [0.05, 0.1) is 10.7 Å². The molecular formula is C16H18ClN5O3S. The molecule has 1 fully saturated rings. The minimum atomic E-state index is -3.76. The molecule has 0 bridgehead atoms. The molecule has 0 spiro atoms. The number of halogens is 1. The number of rotatable bonds is 4. The zero-order chi connectivity index (χ0) is 18.7. The zero-order valence-electron chi connectivity index (χ0n) is 13.7. The van der Waals surface area contributed by atoms with Crippen molar-refractivity contribution in [3.63, 3.8) is 0 Å². The number of nitrogens with two attached hydrogens (primary N) is 1. The van der Waals surface area contributed by atoms with Gasteiger partial charge < -0.3 is 15.5 Å². The van der Waals surface area contributed by atoms with Crippen LogP contribution in [-0.2, 0) is 10.0 Å². The third-order valence-corrected chi connectivity index (χ3v) is 5.25. The molecule has 3 rings (SSSR count). The van der Waals surface area contributed by atoms with Crippen molar-refractivity contribution in [1.82, 2.24) is 10.3 Å². The van der Waals surface area contributed by atoms with E-state index in [-0.39, 0.29) is 17.0 Å². The molecule has 0 aliphatic carbocycles. The minimum absolute atomic E-state index is 0.0331. The lowest BCUT2D eigenvalue weighted by Crippen LogP contribution is -2.39. The van der Waals surface area contributed by atoms with Gasteiger partial charge in [0.25, 0.3) is 0 Å². The van der Waals surface area contributed by atoms with Gasteiger partial charge in [-0.3, -0.25) is 0 Å². The van der Waals surface area contributed by atoms with Gasteiger partial charge >= 0.3 is 6.03 Å². The van der Waals surface area contributed by atoms with Crippen LogP contribution in [0.1, 0.15) is 6.42 Å². The number of nitrogens with zero attached hydrogens (tertiary/aromatic N) is 2. The summed E-state index contributed by atoms with van der Waals surface area (Å²) in [6, 6.07) is 9.63. The number of urea groups is 1. The standard InChI is InChI=1S/C16H18ClN5O3S/c17-13-3-1-2-4-14(13)21-16(23)20-11-7-8-22(10-11)15-6-5-12(9-19-15)26(18,24)25/h1-6,9,11H,7-8,10H2,(H2,18,24,25)(H2,20,21,23)/t11-/m1/s1. The molecule has 4 N–H and O–H groups in total. The molecule has 1 saturated heterocycles. The molecular weight excluding hydrogens is 378 g/mol. The molecule has 8 nitrogen and oxygen atoms in total. The normalized spacial score (nSPS) is 17.2. The number of amides is 2. The molecule has 10 heteroatoms. The van der Waals surface area contributed by atoms with Crippen LogP contribution in [-0.4, -0.2) is 38.6 Å². The molecule has 0 radical (unpaired) electrons. The first-order valence-electron chi connectivity index (χ1n) is 7.89. The summed E-state index contributed by atoms with van der Waals surface area (Å²) in [7, 11) is -3.76. The Kier molecular flexibility index (Phi) is 5.30. The molecule has 1 aliphatic heterocycles. The van der Waals surface area contributed by atoms with Crippen molar-refractivity contribution in [1.29, 1.82) is 0 Å². The minimum Gasteiger partial charge on any atom is -0.354 e. The average molecular weight is 396 g/mol. The van der Waals surface area contributed by atoms with Gasteiger partial charge in [0, 0.05) is 25.3 Å². The molecule has 0 unspecified atom stereocenters. The van der Waals surface area contributed by atoms with Crippen molar-refractivity contribution in [2.45, 2.75) is 17.4 Å². The highest BCUT2D eigenvalue weighted by atomic mass is 35.5. The summed E-state index contributed by atoms with van der Waals surface area (Å²) in [6.45, 7) is 1.26. The van der Waals surface area contributed by atoms with Crippen LogP contribution < -0.4 is 20.7 Å². The molecule has 1 aromatic carbocycles. The number of pyridine rings is 1. The summed E-state index contributed by atoms with van der Waals surface area (Å²) in [6.07, 6.45) is 1.98. The summed E-state index contributed by atoms with van der Waals surface area (Å²) in [5.41, 5.74) is 0.543. The van der Waals surface area contributed by atoms with Gasteiger partial charge in [-0.2, -0.15) is 0 Å². The number of anilines is 2. The first-order valence-corrected chi connectivity index (χ1v) is 9.81. The summed E-state index contributed by atoms with van der Waals surface area (Å²) in [5, 5.41) is 11.1. The van der Waals surface area contributed by atoms with Gasteiger partial charge in [-0.25, -0.2) is 23.3 Å². The molecule has 0 saturated carbocycles. The summed E-state index contributed by atoms with van der Waals surface area (Å²) < 4.78 is 22.5. The van der Waals surface area contributed by atoms with Crippen LogP contribution in [0.5, 0.6) is 0 Å². The number of hydrogen-bond acceptors (Lipinski definition) is 5. The van der Waals surface area contributed by atoms with E-state index in [0.29, 0.717) is 29.6 Å². The van der Waals surface area contributed by atoms with Crippen molar-refractivity contribution in [2.75, 3.05) is 23.3 Å². The maximum Gasteiger partial charge on any atom is 0.319 e. The van der Waals surface area contributed by atoms with E-state index < -0.39 is 10.0 Å². The van der Waals surface area contributed by atoms with E-state index in [0.717, 1.165) is 6.42 Å². The second-order valence-corrected chi connectivity index (χ2v) is 7.88. The lowest BCUT2D eigenvalue weighted by molar-refractivity contribution is 0.249. The number of carbonyl (C=O) groups is 1. The highest BCUT2D eigenvalue weighted by Gasteiger charge is 2.25. The first kappa shape index (κ1) is 18.4. The molecule has 1 atom stereocenters. The lowest BCUT2D eigenvalue weighted by atomic mass is 10.3. The number of primary sulfonamides is 1. The van der Waals surface area contributed by atoms with Crippen LogP contribution in [0.4, 0.5) is 16.3 Å². The largest absolute Gasteiger partial charge is 0.354 e. The first-order chi connectivity index (χ1) is 12.3. The zero-order valence-corrected chi connectivity index (χ0v) is 15.3. The fourth-order valence-corrected chi connectivity index (χ4v) is 3.36. The maximum atomic E-state index is 12.1. The van der Waals surface area contributed by atoms with Gasteiger partial charge in [-0.15, -0.1) is 0 Å². The Bertz CT molecular complexity index is 904. The molecule has 2 amide bonds. The molecule has 2 aromatic rings. The molecule has 26 heavy (non-hydrogen) atoms. The van der Waals surface area contributed by atoms with Crippen LogP contribution >= 0.6 is 11.6 Å². The Hall–Kier alpha value is -2.36. The van der Waals surface area contributed by atoms with E-state index in [2.05, 4.69) is 15.6 Å². The number of carbonyl (C=O) groups excluding carboxylic acids is 1. The highest BCUT2D eigenvalue weighted by molar-refractivity contribution is 7.89. The number of hydrogen-bond donors (Lipinski definition) is 3. The van der Waals surface area contributed by atoms with Crippen molar-refractivity contribution < 1.29 is 13.2 Å². The SMILES string of the molecule is NS(=O)(=O)c1ccc(N2CC[C@@H](NC(=O)Nc3ccccc3Cl)C2)nc1. The summed E-state index contributed by atoms with van der Waals surface area (Å²) in [4.78, 5) is 18.2. The second kappa shape index (κ2) is 7.48. The number of para-hydroxylation sites is 1. The predicted octanol–water partition coefficient (Wildman–Crippen LogP) is 1.78. The van der Waals surface area contributed by atoms with Gasteiger partial charge in [-0.05, 0) is 30.7 Å². The molecule has 2 heterocycles. The lowest BCUT2D eigenvalue weighted by Gasteiger charge is -2.18. The summed E-state index contributed by atoms with van der Waals surface area (Å²) in [5.74, 6) is 0.633. The third-order valence-electron chi connectivity index (χ3n) is 4.02. The highest BCUT2D eigenvalue weighted by Crippen LogP contribution is 2.21. The summed E-state index contributed by atoms with van der Waals surface area (Å²) >= 11 is 6.02. The monoisotopic (exact) mass is 395 g/mol.